The van der Waals surface area contributed by atoms with Gasteiger partial charge in [0, 0.05) is 10.5 Å². The predicted molar refractivity (Wildman–Crippen MR) is 110 cm³/mol. The molecule has 3 aromatic rings. The van der Waals surface area contributed by atoms with Gasteiger partial charge in [0.15, 0.2) is 5.76 Å². The minimum Gasteiger partial charge on any atom is -0.494 e. The Labute approximate surface area is 178 Å². The summed E-state index contributed by atoms with van der Waals surface area (Å²) in [6, 6.07) is 12.2. The SMILES string of the molecule is COc1cc([N+](=O)[O-])ccc1NC(=O)c1ccc(COc2ccc(Br)cc2Cl)o1. The van der Waals surface area contributed by atoms with E-state index in [2.05, 4.69) is 21.2 Å². The number of nitro benzene ring substituents is 1. The van der Waals surface area contributed by atoms with E-state index in [1.54, 1.807) is 24.3 Å². The van der Waals surface area contributed by atoms with Crippen molar-refractivity contribution in [1.29, 1.82) is 0 Å². The minimum atomic E-state index is -0.551. The predicted octanol–water partition coefficient (Wildman–Crippen LogP) is 5.44. The minimum absolute atomic E-state index is 0.0471. The summed E-state index contributed by atoms with van der Waals surface area (Å²) in [5.74, 6) is 0.571. The molecule has 0 saturated heterocycles. The van der Waals surface area contributed by atoms with Crippen LogP contribution >= 0.6 is 27.5 Å². The molecule has 8 nitrogen and oxygen atoms in total. The summed E-state index contributed by atoms with van der Waals surface area (Å²) < 4.78 is 17.0. The standard InChI is InChI=1S/C19H14BrClN2O6/c1-27-18-9-12(23(25)26)3-5-15(18)22-19(24)17-7-4-13(29-17)10-28-16-6-2-11(20)8-14(16)21/h2-9H,10H2,1H3,(H,22,24). The Morgan fingerprint density at radius 2 is 2.00 bits per heavy atom. The number of nitro groups is 1. The lowest BCUT2D eigenvalue weighted by molar-refractivity contribution is -0.384. The quantitative estimate of drug-likeness (QED) is 0.356. The van der Waals surface area contributed by atoms with E-state index in [1.165, 1.54) is 31.4 Å². The molecule has 0 aliphatic carbocycles. The number of hydrogen-bond acceptors (Lipinski definition) is 6. The van der Waals surface area contributed by atoms with Crippen LogP contribution in [0.3, 0.4) is 0 Å². The monoisotopic (exact) mass is 480 g/mol. The Morgan fingerprint density at radius 1 is 1.21 bits per heavy atom. The van der Waals surface area contributed by atoms with Crippen molar-refractivity contribution in [2.45, 2.75) is 6.61 Å². The van der Waals surface area contributed by atoms with Crippen molar-refractivity contribution in [3.8, 4) is 11.5 Å². The van der Waals surface area contributed by atoms with Gasteiger partial charge in [-0.25, -0.2) is 0 Å². The fourth-order valence-electron chi connectivity index (χ4n) is 2.40. The third kappa shape index (κ3) is 5.07. The summed E-state index contributed by atoms with van der Waals surface area (Å²) in [6.07, 6.45) is 0. The average Bonchev–Trinajstić information content (AvgIpc) is 3.16. The van der Waals surface area contributed by atoms with Gasteiger partial charge in [0.25, 0.3) is 11.6 Å². The van der Waals surface area contributed by atoms with Crippen LogP contribution in [0.1, 0.15) is 16.3 Å². The van der Waals surface area contributed by atoms with Crippen LogP contribution in [-0.4, -0.2) is 17.9 Å². The lowest BCUT2D eigenvalue weighted by atomic mass is 10.2. The Morgan fingerprint density at radius 3 is 2.69 bits per heavy atom. The molecule has 0 aliphatic heterocycles. The van der Waals surface area contributed by atoms with Gasteiger partial charge in [-0.3, -0.25) is 14.9 Å². The third-order valence-corrected chi connectivity index (χ3v) is 4.58. The van der Waals surface area contributed by atoms with Crippen LogP contribution in [0, 0.1) is 10.1 Å². The molecule has 150 valence electrons. The largest absolute Gasteiger partial charge is 0.494 e. The van der Waals surface area contributed by atoms with E-state index in [4.69, 9.17) is 25.5 Å². The molecule has 3 rings (SSSR count). The van der Waals surface area contributed by atoms with Crippen LogP contribution in [0.5, 0.6) is 11.5 Å². The fourth-order valence-corrected chi connectivity index (χ4v) is 3.13. The molecule has 0 aliphatic rings. The number of methoxy groups -OCH3 is 1. The van der Waals surface area contributed by atoms with Gasteiger partial charge in [0.05, 0.1) is 28.8 Å². The van der Waals surface area contributed by atoms with E-state index in [9.17, 15) is 14.9 Å². The number of furan rings is 1. The first kappa shape index (κ1) is 20.7. The van der Waals surface area contributed by atoms with Crippen LogP contribution < -0.4 is 14.8 Å². The highest BCUT2D eigenvalue weighted by Crippen LogP contribution is 2.30. The van der Waals surface area contributed by atoms with Gasteiger partial charge in [-0.1, -0.05) is 27.5 Å². The zero-order valence-corrected chi connectivity index (χ0v) is 17.3. The van der Waals surface area contributed by atoms with Crippen molar-refractivity contribution in [2.75, 3.05) is 12.4 Å². The molecule has 10 heteroatoms. The van der Waals surface area contributed by atoms with Crippen LogP contribution in [0.15, 0.2) is 57.4 Å². The van der Waals surface area contributed by atoms with Crippen molar-refractivity contribution < 1.29 is 23.6 Å². The Kier molecular flexibility index (Phi) is 6.40. The maximum Gasteiger partial charge on any atom is 0.291 e. The maximum atomic E-state index is 12.4. The van der Waals surface area contributed by atoms with Crippen LogP contribution in [0.2, 0.25) is 5.02 Å². The lowest BCUT2D eigenvalue weighted by Crippen LogP contribution is -2.12. The number of carbonyl (C=O) groups is 1. The molecular weight excluding hydrogens is 468 g/mol. The molecule has 1 N–H and O–H groups in total. The van der Waals surface area contributed by atoms with E-state index >= 15 is 0 Å². The highest BCUT2D eigenvalue weighted by atomic mass is 79.9. The second-order valence-corrected chi connectivity index (χ2v) is 7.05. The molecular formula is C19H14BrClN2O6. The zero-order valence-electron chi connectivity index (χ0n) is 15.0. The summed E-state index contributed by atoms with van der Waals surface area (Å²) in [5, 5.41) is 13.9. The molecule has 0 spiro atoms. The normalized spacial score (nSPS) is 10.4. The van der Waals surface area contributed by atoms with Crippen molar-refractivity contribution in [3.05, 3.63) is 79.7 Å². The number of amides is 1. The van der Waals surface area contributed by atoms with Gasteiger partial charge in [0.2, 0.25) is 0 Å². The second-order valence-electron chi connectivity index (χ2n) is 5.73. The van der Waals surface area contributed by atoms with E-state index in [0.717, 1.165) is 4.47 Å². The summed E-state index contributed by atoms with van der Waals surface area (Å²) in [5.41, 5.74) is 0.128. The number of carbonyl (C=O) groups excluding carboxylic acids is 1. The van der Waals surface area contributed by atoms with E-state index < -0.39 is 10.8 Å². The Balaban J connectivity index is 1.67. The first-order valence-corrected chi connectivity index (χ1v) is 9.35. The summed E-state index contributed by atoms with van der Waals surface area (Å²) in [6.45, 7) is 0.0789. The molecule has 2 aromatic carbocycles. The first-order valence-electron chi connectivity index (χ1n) is 8.17. The molecule has 0 unspecified atom stereocenters. The van der Waals surface area contributed by atoms with E-state index in [-0.39, 0.29) is 29.5 Å². The molecule has 1 heterocycles. The van der Waals surface area contributed by atoms with Gasteiger partial charge in [-0.15, -0.1) is 0 Å². The highest BCUT2D eigenvalue weighted by molar-refractivity contribution is 9.10. The number of halogens is 2. The first-order chi connectivity index (χ1) is 13.9. The van der Waals surface area contributed by atoms with Gasteiger partial charge < -0.3 is 19.2 Å². The smallest absolute Gasteiger partial charge is 0.291 e. The highest BCUT2D eigenvalue weighted by Gasteiger charge is 2.17. The molecule has 0 saturated carbocycles. The van der Waals surface area contributed by atoms with E-state index in [1.807, 2.05) is 0 Å². The molecule has 0 fully saturated rings. The number of non-ortho nitro benzene ring substituents is 1. The van der Waals surface area contributed by atoms with Gasteiger partial charge in [0.1, 0.15) is 23.9 Å². The van der Waals surface area contributed by atoms with Crippen molar-refractivity contribution in [3.63, 3.8) is 0 Å². The molecule has 0 atom stereocenters. The Hall–Kier alpha value is -3.04. The number of nitrogens with zero attached hydrogens (tertiary/aromatic N) is 1. The summed E-state index contributed by atoms with van der Waals surface area (Å²) >= 11 is 9.41. The van der Waals surface area contributed by atoms with Crippen LogP contribution in [-0.2, 0) is 6.61 Å². The topological polar surface area (TPSA) is 104 Å². The number of benzene rings is 2. The number of nitrogens with one attached hydrogen (secondary N) is 1. The zero-order chi connectivity index (χ0) is 21.0. The average molecular weight is 482 g/mol. The van der Waals surface area contributed by atoms with E-state index in [0.29, 0.717) is 16.5 Å². The molecule has 0 radical (unpaired) electrons. The second kappa shape index (κ2) is 8.97. The van der Waals surface area contributed by atoms with Crippen molar-refractivity contribution >= 4 is 44.8 Å². The maximum absolute atomic E-state index is 12.4. The van der Waals surface area contributed by atoms with Crippen LogP contribution in [0.4, 0.5) is 11.4 Å². The fraction of sp³-hybridized carbons (Fsp3) is 0.105. The Bertz CT molecular complexity index is 1070. The van der Waals surface area contributed by atoms with Gasteiger partial charge in [-0.05, 0) is 36.4 Å². The molecule has 0 bridgehead atoms. The lowest BCUT2D eigenvalue weighted by Gasteiger charge is -2.09. The van der Waals surface area contributed by atoms with Crippen LogP contribution in [0.25, 0.3) is 0 Å². The van der Waals surface area contributed by atoms with Gasteiger partial charge >= 0.3 is 0 Å². The summed E-state index contributed by atoms with van der Waals surface area (Å²) in [7, 11) is 1.35. The number of anilines is 1. The van der Waals surface area contributed by atoms with Crippen molar-refractivity contribution in [2.24, 2.45) is 0 Å². The number of hydrogen-bond donors (Lipinski definition) is 1. The van der Waals surface area contributed by atoms with Crippen molar-refractivity contribution in [1.82, 2.24) is 0 Å². The van der Waals surface area contributed by atoms with Gasteiger partial charge in [-0.2, -0.15) is 0 Å². The molecule has 1 amide bonds. The number of rotatable bonds is 7. The number of ether oxygens (including phenoxy) is 2. The molecule has 1 aromatic heterocycles. The molecule has 29 heavy (non-hydrogen) atoms. The third-order valence-electron chi connectivity index (χ3n) is 3.79. The summed E-state index contributed by atoms with van der Waals surface area (Å²) in [4.78, 5) is 22.7.